The SMILES string of the molecule is CC(N1CNn2c(c(O)c(=O)c(CF)c2-c2cccc3c2Cc2ccccc2SC3)C1=O)C(F)(F)F. The highest BCUT2D eigenvalue weighted by atomic mass is 32.2. The Morgan fingerprint density at radius 3 is 2.53 bits per heavy atom. The van der Waals surface area contributed by atoms with E-state index >= 15 is 0 Å². The number of thioether (sulfide) groups is 1. The molecule has 11 heteroatoms. The fourth-order valence-electron chi connectivity index (χ4n) is 4.65. The molecule has 2 aliphatic rings. The van der Waals surface area contributed by atoms with Crippen LogP contribution in [0.1, 0.15) is 39.7 Å². The minimum absolute atomic E-state index is 0.0178. The van der Waals surface area contributed by atoms with Crippen molar-refractivity contribution < 1.29 is 27.5 Å². The number of nitrogens with zero attached hydrogens (tertiary/aromatic N) is 2. The first-order valence-electron chi connectivity index (χ1n) is 11.1. The van der Waals surface area contributed by atoms with Crippen LogP contribution in [-0.2, 0) is 18.8 Å². The highest BCUT2D eigenvalue weighted by Crippen LogP contribution is 2.40. The van der Waals surface area contributed by atoms with Gasteiger partial charge in [-0.15, -0.1) is 11.8 Å². The van der Waals surface area contributed by atoms with E-state index in [1.165, 1.54) is 0 Å². The normalized spacial score (nSPS) is 15.9. The predicted molar refractivity (Wildman–Crippen MR) is 127 cm³/mol. The van der Waals surface area contributed by atoms with E-state index in [9.17, 15) is 32.3 Å². The average molecular weight is 520 g/mol. The van der Waals surface area contributed by atoms with Crippen molar-refractivity contribution in [1.29, 1.82) is 0 Å². The summed E-state index contributed by atoms with van der Waals surface area (Å²) in [5.41, 5.74) is 3.80. The minimum Gasteiger partial charge on any atom is -0.502 e. The summed E-state index contributed by atoms with van der Waals surface area (Å²) in [7, 11) is 0. The van der Waals surface area contributed by atoms with Crippen LogP contribution in [-0.4, -0.2) is 39.5 Å². The van der Waals surface area contributed by atoms with Crippen LogP contribution in [0, 0.1) is 0 Å². The Morgan fingerprint density at radius 2 is 1.81 bits per heavy atom. The molecule has 2 N–H and O–H groups in total. The molecule has 3 heterocycles. The molecule has 0 saturated carbocycles. The van der Waals surface area contributed by atoms with Crippen molar-refractivity contribution in [2.45, 2.75) is 42.9 Å². The van der Waals surface area contributed by atoms with Crippen LogP contribution in [0.4, 0.5) is 17.6 Å². The number of nitrogens with one attached hydrogen (secondary N) is 1. The highest BCUT2D eigenvalue weighted by Gasteiger charge is 2.45. The molecule has 1 aromatic heterocycles. The van der Waals surface area contributed by atoms with E-state index in [1.54, 1.807) is 23.9 Å². The number of rotatable bonds is 3. The number of carbonyl (C=O) groups is 1. The summed E-state index contributed by atoms with van der Waals surface area (Å²) in [5.74, 6) is -1.66. The molecule has 1 amide bonds. The van der Waals surface area contributed by atoms with E-state index in [4.69, 9.17) is 0 Å². The molecule has 1 unspecified atom stereocenters. The topological polar surface area (TPSA) is 74.6 Å². The van der Waals surface area contributed by atoms with Crippen molar-refractivity contribution in [3.63, 3.8) is 0 Å². The standard InChI is InChI=1S/C25H21F4N3O3S/c1-13(25(27,28)29)31-12-30-32-20(18(10-26)22(33)23(34)21(32)24(31)35)16-7-4-6-15-11-36-19-8-3-2-5-14(19)9-17(15)16/h2-8,13,30,34H,9-12H2,1H3. The van der Waals surface area contributed by atoms with Gasteiger partial charge in [0.1, 0.15) is 19.4 Å². The molecule has 36 heavy (non-hydrogen) atoms. The van der Waals surface area contributed by atoms with Crippen LogP contribution in [0.25, 0.3) is 11.3 Å². The first kappa shape index (κ1) is 24.2. The molecule has 6 nitrogen and oxygen atoms in total. The van der Waals surface area contributed by atoms with Crippen LogP contribution in [0.15, 0.2) is 52.2 Å². The molecular weight excluding hydrogens is 498 g/mol. The summed E-state index contributed by atoms with van der Waals surface area (Å²) in [6, 6.07) is 11.0. The third kappa shape index (κ3) is 3.82. The average Bonchev–Trinajstić information content (AvgIpc) is 3.04. The Hall–Kier alpha value is -3.47. The van der Waals surface area contributed by atoms with Gasteiger partial charge in [0, 0.05) is 16.2 Å². The molecule has 188 valence electrons. The molecule has 3 aromatic rings. The Bertz CT molecular complexity index is 1440. The van der Waals surface area contributed by atoms with Gasteiger partial charge in [0.25, 0.3) is 5.91 Å². The van der Waals surface area contributed by atoms with Gasteiger partial charge in [0.2, 0.25) is 5.43 Å². The number of aromatic nitrogens is 1. The van der Waals surface area contributed by atoms with Gasteiger partial charge in [-0.1, -0.05) is 36.4 Å². The van der Waals surface area contributed by atoms with E-state index in [1.807, 2.05) is 30.3 Å². The molecule has 0 bridgehead atoms. The molecule has 2 aromatic carbocycles. The Kier molecular flexibility index (Phi) is 5.98. The quantitative estimate of drug-likeness (QED) is 0.487. The van der Waals surface area contributed by atoms with E-state index < -0.39 is 48.3 Å². The van der Waals surface area contributed by atoms with Gasteiger partial charge in [-0.2, -0.15) is 13.2 Å². The van der Waals surface area contributed by atoms with Crippen LogP contribution >= 0.6 is 11.8 Å². The molecule has 0 aliphatic carbocycles. The van der Waals surface area contributed by atoms with E-state index in [0.29, 0.717) is 22.6 Å². The van der Waals surface area contributed by atoms with Crippen molar-refractivity contribution >= 4 is 17.7 Å². The Morgan fingerprint density at radius 1 is 1.08 bits per heavy atom. The summed E-state index contributed by atoms with van der Waals surface area (Å²) < 4.78 is 55.5. The first-order valence-corrected chi connectivity index (χ1v) is 12.1. The number of fused-ring (bicyclic) bond motifs is 3. The van der Waals surface area contributed by atoms with Crippen LogP contribution in [0.3, 0.4) is 0 Å². The van der Waals surface area contributed by atoms with E-state index in [0.717, 1.165) is 33.2 Å². The van der Waals surface area contributed by atoms with E-state index in [2.05, 4.69) is 5.43 Å². The van der Waals surface area contributed by atoms with Crippen LogP contribution < -0.4 is 10.9 Å². The molecule has 0 saturated heterocycles. The van der Waals surface area contributed by atoms with Crippen molar-refractivity contribution in [2.24, 2.45) is 0 Å². The summed E-state index contributed by atoms with van der Waals surface area (Å²) >= 11 is 1.64. The highest BCUT2D eigenvalue weighted by molar-refractivity contribution is 7.98. The maximum Gasteiger partial charge on any atom is 0.408 e. The predicted octanol–water partition coefficient (Wildman–Crippen LogP) is 4.79. The van der Waals surface area contributed by atoms with Gasteiger partial charge >= 0.3 is 6.18 Å². The monoisotopic (exact) mass is 519 g/mol. The van der Waals surface area contributed by atoms with Crippen molar-refractivity contribution in [3.05, 3.63) is 80.6 Å². The molecule has 2 aliphatic heterocycles. The lowest BCUT2D eigenvalue weighted by atomic mass is 9.91. The summed E-state index contributed by atoms with van der Waals surface area (Å²) in [5, 5.41) is 10.5. The van der Waals surface area contributed by atoms with Gasteiger partial charge in [0.05, 0.1) is 11.3 Å². The fraction of sp³-hybridized carbons (Fsp3) is 0.280. The third-order valence-corrected chi connectivity index (χ3v) is 7.80. The van der Waals surface area contributed by atoms with Gasteiger partial charge in [-0.25, -0.2) is 9.07 Å². The lowest BCUT2D eigenvalue weighted by molar-refractivity contribution is -0.172. The summed E-state index contributed by atoms with van der Waals surface area (Å²) in [6.07, 6.45) is -4.26. The van der Waals surface area contributed by atoms with Gasteiger partial charge in [0.15, 0.2) is 11.4 Å². The number of benzene rings is 2. The number of hydrogen-bond donors (Lipinski definition) is 2. The maximum absolute atomic E-state index is 14.3. The minimum atomic E-state index is -4.72. The number of pyridine rings is 1. The molecule has 0 fully saturated rings. The zero-order chi connectivity index (χ0) is 25.8. The Labute approximate surface area is 207 Å². The van der Waals surface area contributed by atoms with E-state index in [-0.39, 0.29) is 11.3 Å². The van der Waals surface area contributed by atoms with Crippen molar-refractivity contribution in [1.82, 2.24) is 9.58 Å². The summed E-state index contributed by atoms with van der Waals surface area (Å²) in [6.45, 7) is -0.982. The second kappa shape index (κ2) is 8.88. The largest absolute Gasteiger partial charge is 0.502 e. The zero-order valence-electron chi connectivity index (χ0n) is 19.0. The third-order valence-electron chi connectivity index (χ3n) is 6.64. The van der Waals surface area contributed by atoms with Gasteiger partial charge in [-0.05, 0) is 36.1 Å². The Balaban J connectivity index is 1.74. The second-order valence-corrected chi connectivity index (χ2v) is 9.66. The van der Waals surface area contributed by atoms with Crippen LogP contribution in [0.5, 0.6) is 5.75 Å². The maximum atomic E-state index is 14.3. The second-order valence-electron chi connectivity index (χ2n) is 8.65. The molecular formula is C25H21F4N3O3S. The lowest BCUT2D eigenvalue weighted by Gasteiger charge is -2.37. The molecule has 5 rings (SSSR count). The van der Waals surface area contributed by atoms with Gasteiger partial charge < -0.3 is 15.4 Å². The fourth-order valence-corrected chi connectivity index (χ4v) is 5.74. The smallest absolute Gasteiger partial charge is 0.408 e. The number of halogens is 4. The van der Waals surface area contributed by atoms with Gasteiger partial charge in [-0.3, -0.25) is 9.59 Å². The van der Waals surface area contributed by atoms with Crippen molar-refractivity contribution in [3.8, 4) is 17.0 Å². The lowest BCUT2D eigenvalue weighted by Crippen LogP contribution is -2.55. The first-order chi connectivity index (χ1) is 17.1. The number of hydrogen-bond acceptors (Lipinski definition) is 5. The molecule has 1 atom stereocenters. The molecule has 0 spiro atoms. The number of alkyl halides is 4. The zero-order valence-corrected chi connectivity index (χ0v) is 19.8. The number of amides is 1. The number of carbonyl (C=O) groups excluding carboxylic acids is 1. The number of aromatic hydroxyl groups is 1. The molecule has 0 radical (unpaired) electrons. The van der Waals surface area contributed by atoms with Crippen molar-refractivity contribution in [2.75, 3.05) is 12.1 Å². The van der Waals surface area contributed by atoms with Crippen LogP contribution in [0.2, 0.25) is 0 Å². The summed E-state index contributed by atoms with van der Waals surface area (Å²) in [4.78, 5) is 27.7.